The molecule has 0 aromatic carbocycles. The molecule has 0 radical (unpaired) electrons. The van der Waals surface area contributed by atoms with E-state index in [0.29, 0.717) is 0 Å². The van der Waals surface area contributed by atoms with Crippen molar-refractivity contribution in [3.63, 3.8) is 0 Å². The van der Waals surface area contributed by atoms with Gasteiger partial charge in [0.1, 0.15) is 5.82 Å². The maximum atomic E-state index is 9.08. The highest BCUT2D eigenvalue weighted by molar-refractivity contribution is 4.91. The summed E-state index contributed by atoms with van der Waals surface area (Å²) in [6.45, 7) is 4.90. The summed E-state index contributed by atoms with van der Waals surface area (Å²) in [5, 5.41) is 9.08. The number of aliphatic hydroxyl groups is 1. The highest BCUT2D eigenvalue weighted by Crippen LogP contribution is 2.03. The zero-order valence-electron chi connectivity index (χ0n) is 8.40. The van der Waals surface area contributed by atoms with E-state index in [1.165, 1.54) is 0 Å². The quantitative estimate of drug-likeness (QED) is 0.751. The lowest BCUT2D eigenvalue weighted by Crippen LogP contribution is -2.05. The number of imidazole rings is 1. The van der Waals surface area contributed by atoms with Crippen molar-refractivity contribution in [1.82, 2.24) is 9.55 Å². The van der Waals surface area contributed by atoms with Gasteiger partial charge in [0.25, 0.3) is 0 Å². The monoisotopic (exact) mass is 182 g/mol. The SMILES string of the molecule is CCc1nccn1CCCC(C)O. The van der Waals surface area contributed by atoms with Crippen LogP contribution in [0, 0.1) is 0 Å². The van der Waals surface area contributed by atoms with Crippen LogP contribution < -0.4 is 0 Å². The third-order valence-corrected chi connectivity index (χ3v) is 2.14. The van der Waals surface area contributed by atoms with E-state index >= 15 is 0 Å². The van der Waals surface area contributed by atoms with E-state index in [1.54, 1.807) is 0 Å². The molecule has 3 nitrogen and oxygen atoms in total. The Morgan fingerprint density at radius 3 is 3.00 bits per heavy atom. The van der Waals surface area contributed by atoms with Crippen molar-refractivity contribution in [1.29, 1.82) is 0 Å². The highest BCUT2D eigenvalue weighted by atomic mass is 16.3. The van der Waals surface area contributed by atoms with Gasteiger partial charge in [0.2, 0.25) is 0 Å². The smallest absolute Gasteiger partial charge is 0.108 e. The largest absolute Gasteiger partial charge is 0.393 e. The van der Waals surface area contributed by atoms with Gasteiger partial charge in [-0.15, -0.1) is 0 Å². The van der Waals surface area contributed by atoms with Crippen LogP contribution in [0.2, 0.25) is 0 Å². The summed E-state index contributed by atoms with van der Waals surface area (Å²) in [5.41, 5.74) is 0. The molecule has 1 N–H and O–H groups in total. The van der Waals surface area contributed by atoms with E-state index in [1.807, 2.05) is 19.3 Å². The predicted octanol–water partition coefficient (Wildman–Crippen LogP) is 1.61. The van der Waals surface area contributed by atoms with Crippen molar-refractivity contribution in [3.8, 4) is 0 Å². The molecule has 0 amide bonds. The number of nitrogens with zero attached hydrogens (tertiary/aromatic N) is 2. The standard InChI is InChI=1S/C10H18N2O/c1-3-10-11-6-8-12(10)7-4-5-9(2)13/h6,8-9,13H,3-5,7H2,1-2H3. The molecule has 1 rings (SSSR count). The van der Waals surface area contributed by atoms with E-state index < -0.39 is 0 Å². The van der Waals surface area contributed by atoms with Crippen LogP contribution in [0.1, 0.15) is 32.5 Å². The second-order valence-corrected chi connectivity index (χ2v) is 3.38. The van der Waals surface area contributed by atoms with Gasteiger partial charge in [-0.1, -0.05) is 6.92 Å². The van der Waals surface area contributed by atoms with E-state index in [4.69, 9.17) is 5.11 Å². The number of aromatic nitrogens is 2. The van der Waals surface area contributed by atoms with Crippen molar-refractivity contribution in [2.45, 2.75) is 45.8 Å². The lowest BCUT2D eigenvalue weighted by Gasteiger charge is -2.07. The molecule has 13 heavy (non-hydrogen) atoms. The fourth-order valence-electron chi connectivity index (χ4n) is 1.42. The topological polar surface area (TPSA) is 38.0 Å². The summed E-state index contributed by atoms with van der Waals surface area (Å²) in [5.74, 6) is 1.13. The predicted molar refractivity (Wildman–Crippen MR) is 52.5 cm³/mol. The van der Waals surface area contributed by atoms with Crippen LogP contribution in [-0.4, -0.2) is 20.8 Å². The second kappa shape index (κ2) is 5.02. The van der Waals surface area contributed by atoms with Gasteiger partial charge < -0.3 is 9.67 Å². The Kier molecular flexibility index (Phi) is 3.96. The molecule has 1 heterocycles. The summed E-state index contributed by atoms with van der Waals surface area (Å²) in [6, 6.07) is 0. The Hall–Kier alpha value is -0.830. The third kappa shape index (κ3) is 3.19. The molecule has 1 unspecified atom stereocenters. The second-order valence-electron chi connectivity index (χ2n) is 3.38. The Morgan fingerprint density at radius 2 is 2.38 bits per heavy atom. The molecule has 1 atom stereocenters. The summed E-state index contributed by atoms with van der Waals surface area (Å²) >= 11 is 0. The molecular formula is C10H18N2O. The van der Waals surface area contributed by atoms with Crippen molar-refractivity contribution < 1.29 is 5.11 Å². The fraction of sp³-hybridized carbons (Fsp3) is 0.700. The Balaban J connectivity index is 2.36. The minimum atomic E-state index is -0.186. The van der Waals surface area contributed by atoms with Crippen molar-refractivity contribution >= 4 is 0 Å². The van der Waals surface area contributed by atoms with E-state index in [9.17, 15) is 0 Å². The highest BCUT2D eigenvalue weighted by Gasteiger charge is 2.00. The molecule has 0 aliphatic heterocycles. The van der Waals surface area contributed by atoms with Gasteiger partial charge in [0.05, 0.1) is 6.10 Å². The average Bonchev–Trinajstić information content (AvgIpc) is 2.51. The number of hydrogen-bond donors (Lipinski definition) is 1. The van der Waals surface area contributed by atoms with Crippen LogP contribution in [0.5, 0.6) is 0 Å². The van der Waals surface area contributed by atoms with Gasteiger partial charge in [0, 0.05) is 25.4 Å². The number of hydrogen-bond acceptors (Lipinski definition) is 2. The molecular weight excluding hydrogens is 164 g/mol. The van der Waals surface area contributed by atoms with Gasteiger partial charge in [-0.05, 0) is 19.8 Å². The van der Waals surface area contributed by atoms with Gasteiger partial charge in [-0.2, -0.15) is 0 Å². The van der Waals surface area contributed by atoms with Crippen molar-refractivity contribution in [2.75, 3.05) is 0 Å². The first-order valence-electron chi connectivity index (χ1n) is 4.92. The molecule has 0 bridgehead atoms. The van der Waals surface area contributed by atoms with Crippen LogP contribution in [0.3, 0.4) is 0 Å². The molecule has 1 aromatic heterocycles. The number of aliphatic hydroxyl groups excluding tert-OH is 1. The first-order valence-corrected chi connectivity index (χ1v) is 4.92. The molecule has 0 spiro atoms. The molecule has 0 saturated carbocycles. The maximum Gasteiger partial charge on any atom is 0.108 e. The van der Waals surface area contributed by atoms with E-state index in [-0.39, 0.29) is 6.10 Å². The van der Waals surface area contributed by atoms with Gasteiger partial charge in [-0.25, -0.2) is 4.98 Å². The van der Waals surface area contributed by atoms with E-state index in [0.717, 1.165) is 31.6 Å². The molecule has 0 fully saturated rings. The first-order chi connectivity index (χ1) is 6.24. The minimum absolute atomic E-state index is 0.186. The van der Waals surface area contributed by atoms with Crippen LogP contribution in [-0.2, 0) is 13.0 Å². The summed E-state index contributed by atoms with van der Waals surface area (Å²) < 4.78 is 2.16. The third-order valence-electron chi connectivity index (χ3n) is 2.14. The first kappa shape index (κ1) is 10.3. The van der Waals surface area contributed by atoms with Gasteiger partial charge in [-0.3, -0.25) is 0 Å². The maximum absolute atomic E-state index is 9.08. The van der Waals surface area contributed by atoms with Crippen molar-refractivity contribution in [3.05, 3.63) is 18.2 Å². The normalized spacial score (nSPS) is 13.2. The Bertz CT molecular complexity index is 243. The molecule has 1 aromatic rings. The number of rotatable bonds is 5. The average molecular weight is 182 g/mol. The zero-order chi connectivity index (χ0) is 9.68. The summed E-state index contributed by atoms with van der Waals surface area (Å²) in [6.07, 6.45) is 6.50. The lowest BCUT2D eigenvalue weighted by molar-refractivity contribution is 0.179. The van der Waals surface area contributed by atoms with Crippen LogP contribution in [0.15, 0.2) is 12.4 Å². The molecule has 0 aliphatic rings. The fourth-order valence-corrected chi connectivity index (χ4v) is 1.42. The van der Waals surface area contributed by atoms with Crippen molar-refractivity contribution in [2.24, 2.45) is 0 Å². The minimum Gasteiger partial charge on any atom is -0.393 e. The van der Waals surface area contributed by atoms with E-state index in [2.05, 4.69) is 16.5 Å². The number of aryl methyl sites for hydroxylation is 2. The van der Waals surface area contributed by atoms with Crippen LogP contribution in [0.4, 0.5) is 0 Å². The molecule has 74 valence electrons. The molecule has 0 saturated heterocycles. The summed E-state index contributed by atoms with van der Waals surface area (Å²) in [7, 11) is 0. The van der Waals surface area contributed by atoms with Gasteiger partial charge >= 0.3 is 0 Å². The summed E-state index contributed by atoms with van der Waals surface area (Å²) in [4.78, 5) is 4.23. The molecule has 3 heteroatoms. The van der Waals surface area contributed by atoms with Crippen LogP contribution >= 0.6 is 0 Å². The van der Waals surface area contributed by atoms with Gasteiger partial charge in [0.15, 0.2) is 0 Å². The Morgan fingerprint density at radius 1 is 1.62 bits per heavy atom. The Labute approximate surface area is 79.4 Å². The molecule has 0 aliphatic carbocycles. The van der Waals surface area contributed by atoms with Crippen LogP contribution in [0.25, 0.3) is 0 Å². The zero-order valence-corrected chi connectivity index (χ0v) is 8.40. The lowest BCUT2D eigenvalue weighted by atomic mass is 10.2.